The number of ether oxygens (including phenoxy) is 1. The lowest BCUT2D eigenvalue weighted by atomic mass is 9.93. The van der Waals surface area contributed by atoms with Crippen molar-refractivity contribution in [3.63, 3.8) is 0 Å². The van der Waals surface area contributed by atoms with Gasteiger partial charge in [0.25, 0.3) is 0 Å². The van der Waals surface area contributed by atoms with Gasteiger partial charge in [-0.3, -0.25) is 9.69 Å². The molecular formula is C20H27N3O3. The van der Waals surface area contributed by atoms with E-state index in [0.29, 0.717) is 19.1 Å². The van der Waals surface area contributed by atoms with Crippen molar-refractivity contribution < 1.29 is 13.9 Å². The Kier molecular flexibility index (Phi) is 5.44. The molecule has 1 amide bonds. The van der Waals surface area contributed by atoms with Crippen LogP contribution in [0.4, 0.5) is 5.69 Å². The van der Waals surface area contributed by atoms with Crippen molar-refractivity contribution in [3.8, 4) is 0 Å². The van der Waals surface area contributed by atoms with Crippen molar-refractivity contribution in [3.05, 3.63) is 47.7 Å². The van der Waals surface area contributed by atoms with Gasteiger partial charge in [0.15, 0.2) is 0 Å². The lowest BCUT2D eigenvalue weighted by Gasteiger charge is -2.33. The Hall–Kier alpha value is -2.18. The molecule has 2 aromatic rings. The minimum Gasteiger partial charge on any atom is -0.447 e. The summed E-state index contributed by atoms with van der Waals surface area (Å²) in [7, 11) is 0. The van der Waals surface area contributed by atoms with E-state index >= 15 is 0 Å². The molecule has 0 radical (unpaired) electrons. The van der Waals surface area contributed by atoms with E-state index in [9.17, 15) is 4.79 Å². The van der Waals surface area contributed by atoms with Crippen molar-refractivity contribution in [2.75, 3.05) is 25.1 Å². The molecule has 0 spiro atoms. The Morgan fingerprint density at radius 3 is 2.65 bits per heavy atom. The Bertz CT molecular complexity index is 746. The number of benzene rings is 1. The van der Waals surface area contributed by atoms with E-state index in [0.717, 1.165) is 24.5 Å². The number of nitrogens with zero attached hydrogens (tertiary/aromatic N) is 2. The highest BCUT2D eigenvalue weighted by Crippen LogP contribution is 2.29. The van der Waals surface area contributed by atoms with Crippen molar-refractivity contribution >= 4 is 11.6 Å². The van der Waals surface area contributed by atoms with Crippen LogP contribution in [0.5, 0.6) is 0 Å². The second-order valence-electron chi connectivity index (χ2n) is 7.76. The van der Waals surface area contributed by atoms with E-state index in [1.165, 1.54) is 12.5 Å². The molecule has 0 aliphatic carbocycles. The van der Waals surface area contributed by atoms with Crippen LogP contribution in [0.3, 0.4) is 0 Å². The maximum atomic E-state index is 11.1. The van der Waals surface area contributed by atoms with Crippen LogP contribution in [0, 0.1) is 0 Å². The Morgan fingerprint density at radius 2 is 2.04 bits per heavy atom. The van der Waals surface area contributed by atoms with Gasteiger partial charge < -0.3 is 14.5 Å². The molecule has 1 saturated heterocycles. The first-order valence-electron chi connectivity index (χ1n) is 8.97. The number of carbonyl (C=O) groups excluding carboxylic acids is 1. The van der Waals surface area contributed by atoms with Gasteiger partial charge in [0.2, 0.25) is 11.8 Å². The molecule has 1 unspecified atom stereocenters. The summed E-state index contributed by atoms with van der Waals surface area (Å²) < 4.78 is 11.5. The zero-order chi connectivity index (χ0) is 18.7. The molecule has 1 aliphatic heterocycles. The quantitative estimate of drug-likeness (QED) is 0.907. The van der Waals surface area contributed by atoms with E-state index in [4.69, 9.17) is 14.1 Å². The number of nitrogens with one attached hydrogen (secondary N) is 1. The number of aromatic nitrogens is 1. The molecular weight excluding hydrogens is 330 g/mol. The van der Waals surface area contributed by atoms with Gasteiger partial charge in [-0.05, 0) is 17.7 Å². The Balaban J connectivity index is 1.73. The normalized spacial score (nSPS) is 18.7. The zero-order valence-corrected chi connectivity index (χ0v) is 15.9. The first-order valence-corrected chi connectivity index (χ1v) is 8.97. The molecule has 0 bridgehead atoms. The average Bonchev–Trinajstić information content (AvgIpc) is 3.07. The maximum absolute atomic E-state index is 11.1. The van der Waals surface area contributed by atoms with E-state index < -0.39 is 0 Å². The van der Waals surface area contributed by atoms with Crippen molar-refractivity contribution in [2.24, 2.45) is 0 Å². The lowest BCUT2D eigenvalue weighted by molar-refractivity contribution is -0.114. The summed E-state index contributed by atoms with van der Waals surface area (Å²) in [5.41, 5.74) is 2.90. The van der Waals surface area contributed by atoms with Gasteiger partial charge in [0.1, 0.15) is 12.3 Å². The lowest BCUT2D eigenvalue weighted by Crippen LogP contribution is -2.39. The molecule has 6 heteroatoms. The summed E-state index contributed by atoms with van der Waals surface area (Å²) in [6.07, 6.45) is 1.75. The third-order valence-electron chi connectivity index (χ3n) is 4.47. The van der Waals surface area contributed by atoms with E-state index in [2.05, 4.69) is 31.0 Å². The largest absolute Gasteiger partial charge is 0.447 e. The van der Waals surface area contributed by atoms with Gasteiger partial charge >= 0.3 is 0 Å². The number of morpholine rings is 1. The number of hydrogen-bond donors (Lipinski definition) is 1. The van der Waals surface area contributed by atoms with Crippen LogP contribution in [-0.2, 0) is 21.5 Å². The average molecular weight is 357 g/mol. The molecule has 1 aromatic heterocycles. The second-order valence-corrected chi connectivity index (χ2v) is 7.76. The molecule has 1 atom stereocenters. The highest BCUT2D eigenvalue weighted by atomic mass is 16.5. The summed E-state index contributed by atoms with van der Waals surface area (Å²) in [6, 6.07) is 7.93. The summed E-state index contributed by atoms with van der Waals surface area (Å²) in [6.45, 7) is 10.8. The molecule has 2 heterocycles. The number of amides is 1. The van der Waals surface area contributed by atoms with Gasteiger partial charge in [-0.15, -0.1) is 0 Å². The first kappa shape index (κ1) is 18.6. The minimum atomic E-state index is -0.0652. The molecule has 1 fully saturated rings. The summed E-state index contributed by atoms with van der Waals surface area (Å²) >= 11 is 0. The Labute approximate surface area is 154 Å². The third kappa shape index (κ3) is 4.51. The zero-order valence-electron chi connectivity index (χ0n) is 15.9. The Morgan fingerprint density at radius 1 is 1.31 bits per heavy atom. The van der Waals surface area contributed by atoms with Gasteiger partial charge in [-0.2, -0.15) is 0 Å². The molecule has 140 valence electrons. The predicted octanol–water partition coefficient (Wildman–Crippen LogP) is 3.50. The fourth-order valence-corrected chi connectivity index (χ4v) is 2.97. The molecule has 1 N–H and O–H groups in total. The molecule has 26 heavy (non-hydrogen) atoms. The van der Waals surface area contributed by atoms with Crippen molar-refractivity contribution in [1.82, 2.24) is 9.88 Å². The van der Waals surface area contributed by atoms with Crippen LogP contribution in [0.1, 0.15) is 50.9 Å². The fourth-order valence-electron chi connectivity index (χ4n) is 2.97. The molecule has 0 saturated carbocycles. The number of carbonyl (C=O) groups is 1. The fraction of sp³-hybridized carbons (Fsp3) is 0.500. The van der Waals surface area contributed by atoms with Crippen LogP contribution in [-0.4, -0.2) is 35.5 Å². The molecule has 1 aromatic carbocycles. The highest BCUT2D eigenvalue weighted by molar-refractivity contribution is 5.88. The smallest absolute Gasteiger partial charge is 0.221 e. The monoisotopic (exact) mass is 357 g/mol. The standard InChI is InChI=1S/C20H27N3O3/c1-14(24)21-16-7-5-15(6-8-16)11-23-9-10-25-12-17(23)19-22-18(13-26-19)20(2,3)4/h5-8,13,17H,9-12H2,1-4H3,(H,21,24). The van der Waals surface area contributed by atoms with E-state index in [1.807, 2.05) is 24.3 Å². The van der Waals surface area contributed by atoms with Gasteiger partial charge in [0, 0.05) is 31.1 Å². The first-order chi connectivity index (χ1) is 12.3. The van der Waals surface area contributed by atoms with Crippen LogP contribution in [0.25, 0.3) is 0 Å². The SMILES string of the molecule is CC(=O)Nc1ccc(CN2CCOCC2c2nc(C(C)(C)C)co2)cc1. The van der Waals surface area contributed by atoms with Gasteiger partial charge in [-0.25, -0.2) is 4.98 Å². The van der Waals surface area contributed by atoms with Gasteiger partial charge in [-0.1, -0.05) is 32.9 Å². The van der Waals surface area contributed by atoms with Crippen LogP contribution < -0.4 is 5.32 Å². The second kappa shape index (κ2) is 7.60. The topological polar surface area (TPSA) is 67.6 Å². The third-order valence-corrected chi connectivity index (χ3v) is 4.47. The summed E-state index contributed by atoms with van der Waals surface area (Å²) in [5, 5.41) is 2.79. The van der Waals surface area contributed by atoms with E-state index in [-0.39, 0.29) is 17.4 Å². The van der Waals surface area contributed by atoms with Crippen LogP contribution >= 0.6 is 0 Å². The maximum Gasteiger partial charge on any atom is 0.221 e. The molecule has 3 rings (SSSR count). The van der Waals surface area contributed by atoms with E-state index in [1.54, 1.807) is 6.26 Å². The minimum absolute atomic E-state index is 0.00914. The van der Waals surface area contributed by atoms with Crippen LogP contribution in [0.15, 0.2) is 34.9 Å². The highest BCUT2D eigenvalue weighted by Gasteiger charge is 2.30. The van der Waals surface area contributed by atoms with Crippen molar-refractivity contribution in [2.45, 2.75) is 45.7 Å². The summed E-state index contributed by atoms with van der Waals surface area (Å²) in [4.78, 5) is 18.2. The van der Waals surface area contributed by atoms with Crippen LogP contribution in [0.2, 0.25) is 0 Å². The number of hydrogen-bond acceptors (Lipinski definition) is 5. The van der Waals surface area contributed by atoms with Gasteiger partial charge in [0.05, 0.1) is 18.9 Å². The molecule has 1 aliphatic rings. The van der Waals surface area contributed by atoms with Crippen molar-refractivity contribution in [1.29, 1.82) is 0 Å². The summed E-state index contributed by atoms with van der Waals surface area (Å²) in [5.74, 6) is 0.647. The number of oxazole rings is 1. The predicted molar refractivity (Wildman–Crippen MR) is 99.9 cm³/mol. The number of rotatable bonds is 4. The number of anilines is 1. The molecule has 6 nitrogen and oxygen atoms in total.